The van der Waals surface area contributed by atoms with Crippen LogP contribution in [0.25, 0.3) is 0 Å². The maximum absolute atomic E-state index is 12.0. The molecule has 1 atom stereocenters. The molecule has 0 amide bonds. The molecular weight excluding hydrogens is 544 g/mol. The lowest BCUT2D eigenvalue weighted by molar-refractivity contribution is -0.272. The van der Waals surface area contributed by atoms with Crippen LogP contribution in [0.2, 0.25) is 0 Å². The fraction of sp³-hybridized carbons (Fsp3) is 0.973. The van der Waals surface area contributed by atoms with Gasteiger partial charge in [0.15, 0.2) is 0 Å². The number of carbonyl (C=O) groups excluding carboxylic acids is 1. The first kappa shape index (κ1) is 41.7. The molecule has 0 saturated heterocycles. The van der Waals surface area contributed by atoms with Gasteiger partial charge in [-0.15, -0.1) is 11.6 Å². The number of carbonyl (C=O) groups is 1. The van der Waals surface area contributed by atoms with Gasteiger partial charge < -0.3 is 4.74 Å². The maximum atomic E-state index is 12.0. The van der Waals surface area contributed by atoms with E-state index in [4.69, 9.17) is 26.1 Å². The van der Waals surface area contributed by atoms with Crippen LogP contribution >= 0.6 is 11.6 Å². The van der Waals surface area contributed by atoms with Gasteiger partial charge in [0.25, 0.3) is 0 Å². The fourth-order valence-corrected chi connectivity index (χ4v) is 5.68. The highest BCUT2D eigenvalue weighted by atomic mass is 35.5. The van der Waals surface area contributed by atoms with Gasteiger partial charge in [0.1, 0.15) is 5.38 Å². The van der Waals surface area contributed by atoms with Gasteiger partial charge in [-0.05, 0) is 25.7 Å². The highest BCUT2D eigenvalue weighted by Gasteiger charge is 2.17. The zero-order valence-electron chi connectivity index (χ0n) is 28.4. The minimum Gasteiger partial charge on any atom is -0.381 e. The molecule has 0 aliphatic heterocycles. The Morgan fingerprint density at radius 2 is 0.762 bits per heavy atom. The molecule has 0 rings (SSSR count). The van der Waals surface area contributed by atoms with Gasteiger partial charge in [0, 0.05) is 13.2 Å². The van der Waals surface area contributed by atoms with Crippen LogP contribution in [0.15, 0.2) is 0 Å². The topological polar surface area (TPSA) is 44.8 Å². The molecule has 0 aromatic rings. The average molecular weight is 617 g/mol. The molecule has 0 N–H and O–H groups in total. The second-order valence-electron chi connectivity index (χ2n) is 12.6. The van der Waals surface area contributed by atoms with Gasteiger partial charge >= 0.3 is 5.97 Å². The minimum absolute atomic E-state index is 0.454. The van der Waals surface area contributed by atoms with Crippen molar-refractivity contribution in [1.29, 1.82) is 0 Å². The molecule has 0 aromatic heterocycles. The first-order chi connectivity index (χ1) is 20.7. The number of hydrogen-bond donors (Lipinski definition) is 0. The summed E-state index contributed by atoms with van der Waals surface area (Å²) in [5, 5.41) is -0.661. The quantitative estimate of drug-likeness (QED) is 0.0304. The summed E-state index contributed by atoms with van der Waals surface area (Å²) in [6.45, 7) is 6.46. The van der Waals surface area contributed by atoms with Crippen molar-refractivity contribution in [2.45, 2.75) is 212 Å². The standard InChI is InChI=1S/C37H73ClO4/c1-3-5-7-9-11-13-15-17-19-21-23-25-27-29-33-40-34-31-32-36(38)37(39)42-41-35-30-28-26-24-22-20-18-16-14-12-10-8-6-4-2/h36H,3-35H2,1-2H3. The monoisotopic (exact) mass is 617 g/mol. The van der Waals surface area contributed by atoms with Gasteiger partial charge in [-0.3, -0.25) is 4.89 Å². The number of alkyl halides is 1. The lowest BCUT2D eigenvalue weighted by Gasteiger charge is -2.09. The van der Waals surface area contributed by atoms with E-state index in [1.165, 1.54) is 161 Å². The Labute approximate surface area is 268 Å². The maximum Gasteiger partial charge on any atom is 0.360 e. The summed E-state index contributed by atoms with van der Waals surface area (Å²) in [7, 11) is 0. The molecule has 0 heterocycles. The molecule has 0 saturated carbocycles. The number of halogens is 1. The second kappa shape index (κ2) is 36.9. The molecule has 1 unspecified atom stereocenters. The molecule has 5 heteroatoms. The molecule has 42 heavy (non-hydrogen) atoms. The van der Waals surface area contributed by atoms with Gasteiger partial charge in [-0.25, -0.2) is 4.79 Å². The Morgan fingerprint density at radius 1 is 0.452 bits per heavy atom. The van der Waals surface area contributed by atoms with E-state index in [-0.39, 0.29) is 0 Å². The van der Waals surface area contributed by atoms with E-state index in [0.717, 1.165) is 32.3 Å². The molecule has 0 spiro atoms. The first-order valence-corrected chi connectivity index (χ1v) is 19.2. The van der Waals surface area contributed by atoms with E-state index in [2.05, 4.69) is 13.8 Å². The Bertz CT molecular complexity index is 516. The van der Waals surface area contributed by atoms with Crippen LogP contribution in [-0.2, 0) is 19.3 Å². The van der Waals surface area contributed by atoms with E-state index in [0.29, 0.717) is 19.6 Å². The van der Waals surface area contributed by atoms with Gasteiger partial charge in [0.05, 0.1) is 6.61 Å². The molecule has 0 aromatic carbocycles. The predicted molar refractivity (Wildman–Crippen MR) is 182 cm³/mol. The van der Waals surface area contributed by atoms with E-state index >= 15 is 0 Å². The zero-order valence-corrected chi connectivity index (χ0v) is 29.2. The van der Waals surface area contributed by atoms with Gasteiger partial charge in [-0.2, -0.15) is 4.89 Å². The van der Waals surface area contributed by atoms with Crippen molar-refractivity contribution in [1.82, 2.24) is 0 Å². The number of hydrogen-bond acceptors (Lipinski definition) is 4. The fourth-order valence-electron chi connectivity index (χ4n) is 5.49. The van der Waals surface area contributed by atoms with Crippen molar-refractivity contribution in [3.63, 3.8) is 0 Å². The van der Waals surface area contributed by atoms with Crippen molar-refractivity contribution in [3.05, 3.63) is 0 Å². The van der Waals surface area contributed by atoms with Crippen LogP contribution in [0.5, 0.6) is 0 Å². The summed E-state index contributed by atoms with van der Waals surface area (Å²) < 4.78 is 5.72. The molecule has 0 bridgehead atoms. The summed E-state index contributed by atoms with van der Waals surface area (Å²) in [5.41, 5.74) is 0. The summed E-state index contributed by atoms with van der Waals surface area (Å²) in [6, 6.07) is 0. The third-order valence-electron chi connectivity index (χ3n) is 8.37. The van der Waals surface area contributed by atoms with E-state index in [1.54, 1.807) is 0 Å². The van der Waals surface area contributed by atoms with Crippen LogP contribution in [-0.4, -0.2) is 31.2 Å². The van der Waals surface area contributed by atoms with Gasteiger partial charge in [-0.1, -0.05) is 181 Å². The second-order valence-corrected chi connectivity index (χ2v) is 13.2. The smallest absolute Gasteiger partial charge is 0.360 e. The van der Waals surface area contributed by atoms with E-state index < -0.39 is 11.3 Å². The molecule has 0 fully saturated rings. The molecule has 4 nitrogen and oxygen atoms in total. The highest BCUT2D eigenvalue weighted by Crippen LogP contribution is 2.15. The largest absolute Gasteiger partial charge is 0.381 e. The highest BCUT2D eigenvalue weighted by molar-refractivity contribution is 6.29. The Morgan fingerprint density at radius 3 is 1.14 bits per heavy atom. The van der Waals surface area contributed by atoms with Crippen LogP contribution in [0.1, 0.15) is 206 Å². The normalized spacial score (nSPS) is 12.2. The first-order valence-electron chi connectivity index (χ1n) is 18.8. The SMILES string of the molecule is CCCCCCCCCCCCCCCCOCCCC(Cl)C(=O)OOCCCCCCCCCCCCCCCC. The Balaban J connectivity index is 3.26. The molecule has 0 aliphatic rings. The van der Waals surface area contributed by atoms with Crippen LogP contribution in [0.3, 0.4) is 0 Å². The van der Waals surface area contributed by atoms with E-state index in [9.17, 15) is 4.79 Å². The third kappa shape index (κ3) is 34.2. The summed E-state index contributed by atoms with van der Waals surface area (Å²) >= 11 is 6.17. The van der Waals surface area contributed by atoms with Crippen molar-refractivity contribution >= 4 is 17.6 Å². The molecular formula is C37H73ClO4. The molecule has 252 valence electrons. The lowest BCUT2D eigenvalue weighted by atomic mass is 10.0. The van der Waals surface area contributed by atoms with E-state index in [1.807, 2.05) is 0 Å². The van der Waals surface area contributed by atoms with Crippen LogP contribution in [0, 0.1) is 0 Å². The summed E-state index contributed by atoms with van der Waals surface area (Å²) in [5.74, 6) is -0.478. The van der Waals surface area contributed by atoms with Crippen LogP contribution < -0.4 is 0 Å². The number of rotatable bonds is 36. The molecule has 0 radical (unpaired) electrons. The number of ether oxygens (including phenoxy) is 1. The molecule has 0 aliphatic carbocycles. The van der Waals surface area contributed by atoms with Crippen LogP contribution in [0.4, 0.5) is 0 Å². The van der Waals surface area contributed by atoms with Gasteiger partial charge in [0.2, 0.25) is 0 Å². The summed E-state index contributed by atoms with van der Waals surface area (Å²) in [4.78, 5) is 22.0. The number of unbranched alkanes of at least 4 members (excludes halogenated alkanes) is 26. The van der Waals surface area contributed by atoms with Crippen molar-refractivity contribution in [2.75, 3.05) is 19.8 Å². The van der Waals surface area contributed by atoms with Crippen molar-refractivity contribution in [3.8, 4) is 0 Å². The Hall–Kier alpha value is -0.320. The Kier molecular flexibility index (Phi) is 36.6. The van der Waals surface area contributed by atoms with Crippen molar-refractivity contribution < 1.29 is 19.3 Å². The minimum atomic E-state index is -0.661. The lowest BCUT2D eigenvalue weighted by Crippen LogP contribution is -2.19. The average Bonchev–Trinajstić information content (AvgIpc) is 3.00. The predicted octanol–water partition coefficient (Wildman–Crippen LogP) is 12.8. The van der Waals surface area contributed by atoms with Crippen molar-refractivity contribution in [2.24, 2.45) is 0 Å². The summed E-state index contributed by atoms with van der Waals surface area (Å²) in [6.07, 6.45) is 38.9. The third-order valence-corrected chi connectivity index (χ3v) is 8.76. The zero-order chi connectivity index (χ0) is 30.6.